The smallest absolute Gasteiger partial charge is 0.255 e. The number of hydrogen-bond acceptors (Lipinski definition) is 6. The van der Waals surface area contributed by atoms with Gasteiger partial charge in [-0.15, -0.1) is 0 Å². The molecule has 0 saturated heterocycles. The molecule has 2 aromatic carbocycles. The molecule has 1 aromatic heterocycles. The molecule has 0 spiro atoms. The summed E-state index contributed by atoms with van der Waals surface area (Å²) in [5, 5.41) is 8.76. The molecule has 2 heterocycles. The summed E-state index contributed by atoms with van der Waals surface area (Å²) >= 11 is 0. The number of fused-ring (bicyclic) bond motifs is 1. The van der Waals surface area contributed by atoms with Crippen LogP contribution in [-0.4, -0.2) is 34.2 Å². The number of carbonyl (C=O) groups is 2. The van der Waals surface area contributed by atoms with Crippen molar-refractivity contribution in [3.05, 3.63) is 76.6 Å². The molecule has 1 saturated carbocycles. The largest absolute Gasteiger partial charge is 0.369 e. The summed E-state index contributed by atoms with van der Waals surface area (Å²) in [5.41, 5.74) is 0.981. The minimum Gasteiger partial charge on any atom is -0.369 e. The van der Waals surface area contributed by atoms with Gasteiger partial charge in [0.1, 0.15) is 23.8 Å². The number of ketones is 1. The molecular formula is C26H25F2N5O2. The Bertz CT molecular complexity index is 1290. The molecule has 7 nitrogen and oxygen atoms in total. The predicted octanol–water partition coefficient (Wildman–Crippen LogP) is 4.93. The van der Waals surface area contributed by atoms with E-state index in [9.17, 15) is 14.0 Å². The molecule has 1 fully saturated rings. The summed E-state index contributed by atoms with van der Waals surface area (Å²) in [4.78, 5) is 34.5. The maximum absolute atomic E-state index is 15.4. The lowest BCUT2D eigenvalue weighted by Crippen LogP contribution is -2.21. The van der Waals surface area contributed by atoms with Crippen molar-refractivity contribution in [2.45, 2.75) is 44.6 Å². The van der Waals surface area contributed by atoms with Crippen LogP contribution >= 0.6 is 0 Å². The molecule has 0 radical (unpaired) electrons. The Morgan fingerprint density at radius 3 is 2.57 bits per heavy atom. The number of nitrogens with one attached hydrogen (secondary N) is 3. The molecule has 1 aliphatic carbocycles. The van der Waals surface area contributed by atoms with Crippen LogP contribution in [0, 0.1) is 11.6 Å². The van der Waals surface area contributed by atoms with Crippen LogP contribution in [0.15, 0.2) is 42.7 Å². The Hall–Kier alpha value is -3.88. The third kappa shape index (κ3) is 4.58. The molecule has 9 heteroatoms. The van der Waals surface area contributed by atoms with E-state index in [1.165, 1.54) is 6.33 Å². The van der Waals surface area contributed by atoms with Gasteiger partial charge in [0.2, 0.25) is 0 Å². The lowest BCUT2D eigenvalue weighted by Gasteiger charge is -2.16. The van der Waals surface area contributed by atoms with E-state index in [1.807, 2.05) is 12.1 Å². The minimum atomic E-state index is -1.10. The van der Waals surface area contributed by atoms with Crippen molar-refractivity contribution in [2.24, 2.45) is 0 Å². The molecule has 2 aliphatic rings. The van der Waals surface area contributed by atoms with Gasteiger partial charge in [-0.3, -0.25) is 9.59 Å². The van der Waals surface area contributed by atoms with Crippen molar-refractivity contribution >= 4 is 29.0 Å². The zero-order valence-corrected chi connectivity index (χ0v) is 19.2. The molecule has 180 valence electrons. The van der Waals surface area contributed by atoms with E-state index in [2.05, 4.69) is 32.8 Å². The summed E-state index contributed by atoms with van der Waals surface area (Å²) in [6.07, 6.45) is 5.25. The fourth-order valence-corrected chi connectivity index (χ4v) is 4.28. The quantitative estimate of drug-likeness (QED) is 0.399. The first-order valence-electron chi connectivity index (χ1n) is 11.7. The number of nitrogens with zero attached hydrogens (tertiary/aromatic N) is 2. The summed E-state index contributed by atoms with van der Waals surface area (Å²) in [5.74, 6) is -3.28. The van der Waals surface area contributed by atoms with Gasteiger partial charge in [-0.2, -0.15) is 0 Å². The third-order valence-electron chi connectivity index (χ3n) is 6.28. The Kier molecular flexibility index (Phi) is 6.15. The van der Waals surface area contributed by atoms with E-state index in [0.29, 0.717) is 22.8 Å². The van der Waals surface area contributed by atoms with Gasteiger partial charge < -0.3 is 16.0 Å². The Morgan fingerprint density at radius 2 is 1.86 bits per heavy atom. The van der Waals surface area contributed by atoms with Crippen LogP contribution in [0.2, 0.25) is 0 Å². The van der Waals surface area contributed by atoms with Crippen molar-refractivity contribution in [3.8, 4) is 0 Å². The highest BCUT2D eigenvalue weighted by Crippen LogP contribution is 2.39. The van der Waals surface area contributed by atoms with Crippen molar-refractivity contribution in [1.82, 2.24) is 9.97 Å². The molecular weight excluding hydrogens is 452 g/mol. The molecule has 1 atom stereocenters. The zero-order valence-electron chi connectivity index (χ0n) is 19.2. The van der Waals surface area contributed by atoms with Crippen molar-refractivity contribution in [3.63, 3.8) is 0 Å². The second-order valence-electron chi connectivity index (χ2n) is 8.89. The monoisotopic (exact) mass is 477 g/mol. The van der Waals surface area contributed by atoms with Gasteiger partial charge in [-0.05, 0) is 49.1 Å². The lowest BCUT2D eigenvalue weighted by molar-refractivity contribution is 0.0956. The summed E-state index contributed by atoms with van der Waals surface area (Å²) in [6.45, 7) is 2.21. The Labute approximate surface area is 201 Å². The molecule has 1 aliphatic heterocycles. The second-order valence-corrected chi connectivity index (χ2v) is 8.89. The predicted molar refractivity (Wildman–Crippen MR) is 129 cm³/mol. The molecule has 0 bridgehead atoms. The zero-order chi connectivity index (χ0) is 24.5. The number of anilines is 3. The number of Topliss-reactive ketones (excluding diaryl/α,β-unsaturated/α-hetero) is 1. The second kappa shape index (κ2) is 9.40. The summed E-state index contributed by atoms with van der Waals surface area (Å²) < 4.78 is 30.2. The molecule has 3 N–H and O–H groups in total. The number of benzene rings is 2. The highest BCUT2D eigenvalue weighted by molar-refractivity contribution is 6.07. The average molecular weight is 478 g/mol. The topological polar surface area (TPSA) is 96.0 Å². The van der Waals surface area contributed by atoms with Crippen LogP contribution in [0.1, 0.15) is 63.9 Å². The molecule has 3 aromatic rings. The Morgan fingerprint density at radius 1 is 1.09 bits per heavy atom. The molecule has 1 amide bonds. The number of aryl methyl sites for hydroxylation is 1. The van der Waals surface area contributed by atoms with Gasteiger partial charge in [-0.25, -0.2) is 18.7 Å². The highest BCUT2D eigenvalue weighted by Gasteiger charge is 2.37. The van der Waals surface area contributed by atoms with Crippen LogP contribution < -0.4 is 16.0 Å². The summed E-state index contributed by atoms with van der Waals surface area (Å²) in [7, 11) is 0. The van der Waals surface area contributed by atoms with E-state index >= 15 is 4.39 Å². The van der Waals surface area contributed by atoms with Crippen molar-refractivity contribution in [2.75, 3.05) is 22.5 Å². The molecule has 1 unspecified atom stereocenters. The minimum absolute atomic E-state index is 0.145. The van der Waals surface area contributed by atoms with E-state index in [4.69, 9.17) is 0 Å². The SMILES string of the molecule is CCCc1ccc(C(=O)Nc2ccc(F)c(C(=O)C3CNc4ncnc(NC5CC5)c43)c2F)cc1. The first-order valence-corrected chi connectivity index (χ1v) is 11.7. The number of rotatable bonds is 8. The third-order valence-corrected chi connectivity index (χ3v) is 6.28. The fourth-order valence-electron chi connectivity index (χ4n) is 4.28. The molecule has 5 rings (SSSR count). The van der Waals surface area contributed by atoms with Crippen LogP contribution in [0.25, 0.3) is 0 Å². The first kappa shape index (κ1) is 22.9. The van der Waals surface area contributed by atoms with Crippen LogP contribution in [-0.2, 0) is 6.42 Å². The average Bonchev–Trinajstić information content (AvgIpc) is 3.56. The molecule has 35 heavy (non-hydrogen) atoms. The van der Waals surface area contributed by atoms with Gasteiger partial charge in [0.15, 0.2) is 11.6 Å². The van der Waals surface area contributed by atoms with Crippen LogP contribution in [0.5, 0.6) is 0 Å². The standard InChI is InChI=1S/C26H25F2N5O2/c1-2-3-14-4-6-15(7-5-14)26(35)33-19-11-10-18(27)21(22(19)28)23(34)17-12-29-24-20(17)25(31-13-30-24)32-16-8-9-16/h4-7,10-11,13,16-17H,2-3,8-9,12H2,1H3,(H,33,35)(H2,29,30,31,32). The van der Waals surface area contributed by atoms with E-state index in [0.717, 1.165) is 43.4 Å². The van der Waals surface area contributed by atoms with Crippen LogP contribution in [0.3, 0.4) is 0 Å². The van der Waals surface area contributed by atoms with Crippen molar-refractivity contribution in [1.29, 1.82) is 0 Å². The Balaban J connectivity index is 1.41. The van der Waals surface area contributed by atoms with Gasteiger partial charge in [0, 0.05) is 23.7 Å². The number of carbonyl (C=O) groups excluding carboxylic acids is 2. The van der Waals surface area contributed by atoms with E-state index in [1.54, 1.807) is 12.1 Å². The van der Waals surface area contributed by atoms with Gasteiger partial charge >= 0.3 is 0 Å². The maximum atomic E-state index is 15.4. The van der Waals surface area contributed by atoms with E-state index in [-0.39, 0.29) is 18.3 Å². The highest BCUT2D eigenvalue weighted by atomic mass is 19.1. The lowest BCUT2D eigenvalue weighted by atomic mass is 9.92. The number of aromatic nitrogens is 2. The number of amides is 1. The number of hydrogen-bond donors (Lipinski definition) is 3. The normalized spacial score (nSPS) is 16.4. The first-order chi connectivity index (χ1) is 17.0. The van der Waals surface area contributed by atoms with Gasteiger partial charge in [0.05, 0.1) is 17.2 Å². The van der Waals surface area contributed by atoms with Gasteiger partial charge in [0.25, 0.3) is 5.91 Å². The maximum Gasteiger partial charge on any atom is 0.255 e. The fraction of sp³-hybridized carbons (Fsp3) is 0.308. The van der Waals surface area contributed by atoms with E-state index < -0.39 is 34.8 Å². The summed E-state index contributed by atoms with van der Waals surface area (Å²) in [6, 6.07) is 9.38. The van der Waals surface area contributed by atoms with Crippen LogP contribution in [0.4, 0.5) is 26.1 Å². The van der Waals surface area contributed by atoms with Gasteiger partial charge in [-0.1, -0.05) is 25.5 Å². The number of halogens is 2. The van der Waals surface area contributed by atoms with Crippen molar-refractivity contribution < 1.29 is 18.4 Å².